The number of ether oxygens (including phenoxy) is 2. The third-order valence-corrected chi connectivity index (χ3v) is 5.10. The second kappa shape index (κ2) is 8.25. The molecular formula is C20H15BrN2O3S. The zero-order valence-corrected chi connectivity index (χ0v) is 17.0. The lowest BCUT2D eigenvalue weighted by Crippen LogP contribution is -2.24. The SMILES string of the molecule is C#CC(=O)N(c1cc(OC)cc(OC)c1)c1nc(-c2ccc(Br)cc2)cs1. The van der Waals surface area contributed by atoms with E-state index in [2.05, 4.69) is 26.8 Å². The minimum atomic E-state index is -0.526. The van der Waals surface area contributed by atoms with Crippen LogP contribution < -0.4 is 14.4 Å². The van der Waals surface area contributed by atoms with E-state index in [0.29, 0.717) is 22.3 Å². The molecule has 0 spiro atoms. The third-order valence-electron chi connectivity index (χ3n) is 3.74. The molecule has 0 radical (unpaired) electrons. The van der Waals surface area contributed by atoms with Crippen molar-refractivity contribution in [2.24, 2.45) is 0 Å². The van der Waals surface area contributed by atoms with E-state index in [0.717, 1.165) is 15.7 Å². The van der Waals surface area contributed by atoms with E-state index in [4.69, 9.17) is 15.9 Å². The van der Waals surface area contributed by atoms with E-state index in [1.165, 1.54) is 16.2 Å². The van der Waals surface area contributed by atoms with Gasteiger partial charge in [-0.15, -0.1) is 17.8 Å². The van der Waals surface area contributed by atoms with Gasteiger partial charge in [0, 0.05) is 33.6 Å². The molecule has 3 rings (SSSR count). The number of nitrogens with zero attached hydrogens (tertiary/aromatic N) is 2. The Labute approximate surface area is 169 Å². The molecule has 0 saturated carbocycles. The predicted molar refractivity (Wildman–Crippen MR) is 111 cm³/mol. The van der Waals surface area contributed by atoms with Crippen LogP contribution in [-0.2, 0) is 4.79 Å². The van der Waals surface area contributed by atoms with E-state index < -0.39 is 5.91 Å². The molecule has 0 fully saturated rings. The predicted octanol–water partition coefficient (Wildman–Crippen LogP) is 4.89. The highest BCUT2D eigenvalue weighted by Crippen LogP contribution is 2.36. The maximum Gasteiger partial charge on any atom is 0.309 e. The molecule has 0 unspecified atom stereocenters. The summed E-state index contributed by atoms with van der Waals surface area (Å²) >= 11 is 4.74. The normalized spacial score (nSPS) is 10.1. The van der Waals surface area contributed by atoms with Crippen molar-refractivity contribution in [1.82, 2.24) is 4.98 Å². The summed E-state index contributed by atoms with van der Waals surface area (Å²) in [5, 5.41) is 2.35. The van der Waals surface area contributed by atoms with Crippen LogP contribution in [0.4, 0.5) is 10.8 Å². The maximum atomic E-state index is 12.5. The lowest BCUT2D eigenvalue weighted by atomic mass is 10.2. The number of thiazole rings is 1. The molecule has 7 heteroatoms. The van der Waals surface area contributed by atoms with Crippen LogP contribution >= 0.6 is 27.3 Å². The average Bonchev–Trinajstić information content (AvgIpc) is 3.17. The van der Waals surface area contributed by atoms with E-state index in [9.17, 15) is 4.79 Å². The Balaban J connectivity index is 2.06. The summed E-state index contributed by atoms with van der Waals surface area (Å²) in [7, 11) is 3.09. The summed E-state index contributed by atoms with van der Waals surface area (Å²) in [6.07, 6.45) is 5.39. The van der Waals surface area contributed by atoms with Gasteiger partial charge in [0.2, 0.25) is 0 Å². The van der Waals surface area contributed by atoms with Gasteiger partial charge in [-0.1, -0.05) is 28.1 Å². The average molecular weight is 443 g/mol. The van der Waals surface area contributed by atoms with Crippen LogP contribution in [0, 0.1) is 12.3 Å². The number of hydrogen-bond donors (Lipinski definition) is 0. The van der Waals surface area contributed by atoms with Crippen LogP contribution in [0.2, 0.25) is 0 Å². The van der Waals surface area contributed by atoms with Crippen LogP contribution in [0.3, 0.4) is 0 Å². The van der Waals surface area contributed by atoms with E-state index in [-0.39, 0.29) is 0 Å². The van der Waals surface area contributed by atoms with Crippen molar-refractivity contribution in [3.8, 4) is 35.1 Å². The fourth-order valence-corrected chi connectivity index (χ4v) is 3.54. The fourth-order valence-electron chi connectivity index (χ4n) is 2.42. The number of halogens is 1. The van der Waals surface area contributed by atoms with Crippen LogP contribution in [0.5, 0.6) is 11.5 Å². The van der Waals surface area contributed by atoms with Crippen molar-refractivity contribution in [2.75, 3.05) is 19.1 Å². The first-order chi connectivity index (χ1) is 13.0. The molecule has 0 N–H and O–H groups in total. The van der Waals surface area contributed by atoms with Crippen LogP contribution in [0.1, 0.15) is 0 Å². The van der Waals surface area contributed by atoms with Gasteiger partial charge in [0.05, 0.1) is 25.6 Å². The van der Waals surface area contributed by atoms with Crippen molar-refractivity contribution in [3.05, 3.63) is 52.3 Å². The van der Waals surface area contributed by atoms with Gasteiger partial charge < -0.3 is 9.47 Å². The van der Waals surface area contributed by atoms with Gasteiger partial charge in [-0.05, 0) is 18.1 Å². The number of rotatable bonds is 5. The smallest absolute Gasteiger partial charge is 0.309 e. The van der Waals surface area contributed by atoms with Crippen molar-refractivity contribution >= 4 is 44.0 Å². The molecule has 136 valence electrons. The number of aromatic nitrogens is 1. The van der Waals surface area contributed by atoms with E-state index >= 15 is 0 Å². The quantitative estimate of drug-likeness (QED) is 0.527. The number of terminal acetylenes is 1. The van der Waals surface area contributed by atoms with Gasteiger partial charge >= 0.3 is 5.91 Å². The van der Waals surface area contributed by atoms with Gasteiger partial charge in [-0.3, -0.25) is 4.79 Å². The molecule has 2 aromatic carbocycles. The van der Waals surface area contributed by atoms with Crippen LogP contribution in [0.25, 0.3) is 11.3 Å². The van der Waals surface area contributed by atoms with Gasteiger partial charge in [-0.25, -0.2) is 9.88 Å². The number of amides is 1. The summed E-state index contributed by atoms with van der Waals surface area (Å²) in [5.74, 6) is 2.72. The number of hydrogen-bond acceptors (Lipinski definition) is 5. The number of anilines is 2. The molecule has 27 heavy (non-hydrogen) atoms. The maximum absolute atomic E-state index is 12.5. The number of carbonyl (C=O) groups is 1. The van der Waals surface area contributed by atoms with Gasteiger partial charge in [0.25, 0.3) is 0 Å². The van der Waals surface area contributed by atoms with E-state index in [1.807, 2.05) is 29.6 Å². The van der Waals surface area contributed by atoms with Gasteiger partial charge in [0.15, 0.2) is 5.13 Å². The minimum absolute atomic E-state index is 0.464. The molecule has 0 aliphatic carbocycles. The molecular weight excluding hydrogens is 428 g/mol. The number of benzene rings is 2. The zero-order valence-electron chi connectivity index (χ0n) is 14.6. The van der Waals surface area contributed by atoms with Gasteiger partial charge in [0.1, 0.15) is 11.5 Å². The largest absolute Gasteiger partial charge is 0.497 e. The first-order valence-corrected chi connectivity index (χ1v) is 9.48. The Bertz CT molecular complexity index is 987. The molecule has 1 heterocycles. The summed E-state index contributed by atoms with van der Waals surface area (Å²) in [6.45, 7) is 0. The number of carbonyl (C=O) groups excluding carboxylic acids is 1. The summed E-state index contributed by atoms with van der Waals surface area (Å²) < 4.78 is 11.6. The standard InChI is InChI=1S/C20H15BrN2O3S/c1-4-19(24)23(15-9-16(25-2)11-17(10-15)26-3)20-22-18(12-27-20)13-5-7-14(21)8-6-13/h1,5-12H,2-3H3. The van der Waals surface area contributed by atoms with Crippen molar-refractivity contribution < 1.29 is 14.3 Å². The van der Waals surface area contributed by atoms with Crippen molar-refractivity contribution in [2.45, 2.75) is 0 Å². The van der Waals surface area contributed by atoms with Crippen molar-refractivity contribution in [1.29, 1.82) is 0 Å². The topological polar surface area (TPSA) is 51.7 Å². The molecule has 1 aromatic heterocycles. The Kier molecular flexibility index (Phi) is 5.79. The molecule has 5 nitrogen and oxygen atoms in total. The Morgan fingerprint density at radius 1 is 1.15 bits per heavy atom. The fraction of sp³-hybridized carbons (Fsp3) is 0.100. The molecule has 1 amide bonds. The van der Waals surface area contributed by atoms with Crippen LogP contribution in [0.15, 0.2) is 52.3 Å². The van der Waals surface area contributed by atoms with Gasteiger partial charge in [-0.2, -0.15) is 0 Å². The minimum Gasteiger partial charge on any atom is -0.497 e. The molecule has 0 saturated heterocycles. The Hall–Kier alpha value is -2.82. The summed E-state index contributed by atoms with van der Waals surface area (Å²) in [5.41, 5.74) is 2.22. The number of methoxy groups -OCH3 is 2. The first-order valence-electron chi connectivity index (χ1n) is 7.81. The second-order valence-electron chi connectivity index (χ2n) is 5.38. The Morgan fingerprint density at radius 3 is 2.33 bits per heavy atom. The highest BCUT2D eigenvalue weighted by molar-refractivity contribution is 9.10. The lowest BCUT2D eigenvalue weighted by molar-refractivity contribution is -0.112. The molecule has 0 aliphatic rings. The second-order valence-corrected chi connectivity index (χ2v) is 7.13. The highest BCUT2D eigenvalue weighted by atomic mass is 79.9. The molecule has 0 atom stereocenters. The monoisotopic (exact) mass is 442 g/mol. The molecule has 0 aliphatic heterocycles. The van der Waals surface area contributed by atoms with E-state index in [1.54, 1.807) is 32.4 Å². The summed E-state index contributed by atoms with van der Waals surface area (Å²) in [4.78, 5) is 18.4. The lowest BCUT2D eigenvalue weighted by Gasteiger charge is -2.19. The van der Waals surface area contributed by atoms with Crippen LogP contribution in [-0.4, -0.2) is 25.1 Å². The zero-order chi connectivity index (χ0) is 19.4. The molecule has 3 aromatic rings. The Morgan fingerprint density at radius 2 is 1.78 bits per heavy atom. The highest BCUT2D eigenvalue weighted by Gasteiger charge is 2.22. The molecule has 0 bridgehead atoms. The third kappa shape index (κ3) is 4.13. The van der Waals surface area contributed by atoms with Crippen molar-refractivity contribution in [3.63, 3.8) is 0 Å². The summed E-state index contributed by atoms with van der Waals surface area (Å²) in [6, 6.07) is 12.9. The first kappa shape index (κ1) is 19.0.